The molecule has 0 aliphatic carbocycles. The fourth-order valence-electron chi connectivity index (χ4n) is 1.57. The molecular weight excluding hydrogens is 282 g/mol. The molecule has 2 aromatic carbocycles. The van der Waals surface area contributed by atoms with Gasteiger partial charge in [0.1, 0.15) is 11.5 Å². The second-order valence-electron chi connectivity index (χ2n) is 3.45. The summed E-state index contributed by atoms with van der Waals surface area (Å²) in [4.78, 5) is 0. The third-order valence-electron chi connectivity index (χ3n) is 2.39. The van der Waals surface area contributed by atoms with Gasteiger partial charge < -0.3 is 10.3 Å². The third-order valence-corrected chi connectivity index (χ3v) is 3.03. The fourth-order valence-corrected chi connectivity index (χ4v) is 1.94. The maximum Gasteiger partial charge on any atom is 0.139 e. The summed E-state index contributed by atoms with van der Waals surface area (Å²) in [6.07, 6.45) is 0. The second kappa shape index (κ2) is 5.01. The van der Waals surface area contributed by atoms with Gasteiger partial charge in [0.05, 0.1) is 4.47 Å². The molecule has 0 saturated heterocycles. The highest BCUT2D eigenvalue weighted by Crippen LogP contribution is 2.29. The van der Waals surface area contributed by atoms with E-state index in [0.29, 0.717) is 15.7 Å². The van der Waals surface area contributed by atoms with Gasteiger partial charge in [-0.1, -0.05) is 41.6 Å². The van der Waals surface area contributed by atoms with Gasteiger partial charge in [0.15, 0.2) is 0 Å². The lowest BCUT2D eigenvalue weighted by molar-refractivity contribution is 0.319. The van der Waals surface area contributed by atoms with Gasteiger partial charge in [0.25, 0.3) is 0 Å². The summed E-state index contributed by atoms with van der Waals surface area (Å²) in [7, 11) is 0. The van der Waals surface area contributed by atoms with E-state index in [2.05, 4.69) is 21.1 Å². The number of benzene rings is 2. The molecule has 0 aromatic heterocycles. The lowest BCUT2D eigenvalue weighted by atomic mass is 10.0. The molecule has 0 fully saturated rings. The first kappa shape index (κ1) is 11.7. The first-order chi connectivity index (χ1) is 8.24. The predicted octanol–water partition coefficient (Wildman–Crippen LogP) is 3.38. The van der Waals surface area contributed by atoms with Gasteiger partial charge in [0, 0.05) is 11.1 Å². The third kappa shape index (κ3) is 2.31. The van der Waals surface area contributed by atoms with Crippen LogP contribution in [0.4, 0.5) is 0 Å². The molecule has 0 aliphatic heterocycles. The Morgan fingerprint density at radius 1 is 1.00 bits per heavy atom. The highest BCUT2D eigenvalue weighted by atomic mass is 79.9. The van der Waals surface area contributed by atoms with Crippen LogP contribution in [0.5, 0.6) is 5.75 Å². The van der Waals surface area contributed by atoms with Crippen molar-refractivity contribution in [2.24, 2.45) is 5.16 Å². The summed E-state index contributed by atoms with van der Waals surface area (Å²) >= 11 is 3.23. The van der Waals surface area contributed by atoms with Crippen molar-refractivity contribution in [3.05, 3.63) is 64.1 Å². The number of para-hydroxylation sites is 1. The van der Waals surface area contributed by atoms with Gasteiger partial charge >= 0.3 is 0 Å². The lowest BCUT2D eigenvalue weighted by Crippen LogP contribution is -2.03. The van der Waals surface area contributed by atoms with Gasteiger partial charge in [-0.05, 0) is 28.1 Å². The average Bonchev–Trinajstić information content (AvgIpc) is 2.37. The van der Waals surface area contributed by atoms with Crippen LogP contribution < -0.4 is 0 Å². The molecule has 0 saturated carbocycles. The molecule has 2 N–H and O–H groups in total. The molecule has 0 atom stereocenters. The maximum atomic E-state index is 9.92. The number of hydrogen-bond donors (Lipinski definition) is 2. The Kier molecular flexibility index (Phi) is 3.44. The molecule has 3 nitrogen and oxygen atoms in total. The largest absolute Gasteiger partial charge is 0.506 e. The summed E-state index contributed by atoms with van der Waals surface area (Å²) in [5.41, 5.74) is 1.56. The molecule has 4 heteroatoms. The van der Waals surface area contributed by atoms with Crippen LogP contribution >= 0.6 is 15.9 Å². The van der Waals surface area contributed by atoms with E-state index < -0.39 is 0 Å². The van der Waals surface area contributed by atoms with Crippen LogP contribution in [-0.2, 0) is 0 Å². The summed E-state index contributed by atoms with van der Waals surface area (Å²) in [5, 5.41) is 22.3. The van der Waals surface area contributed by atoms with Gasteiger partial charge in [-0.2, -0.15) is 0 Å². The number of aromatic hydroxyl groups is 1. The zero-order valence-corrected chi connectivity index (χ0v) is 10.4. The molecule has 0 radical (unpaired) electrons. The van der Waals surface area contributed by atoms with E-state index in [1.165, 1.54) is 0 Å². The number of rotatable bonds is 2. The van der Waals surface area contributed by atoms with Crippen LogP contribution in [0.3, 0.4) is 0 Å². The molecule has 0 spiro atoms. The van der Waals surface area contributed by atoms with Crippen molar-refractivity contribution < 1.29 is 10.3 Å². The molecule has 0 aliphatic rings. The van der Waals surface area contributed by atoms with Crippen LogP contribution in [0.25, 0.3) is 0 Å². The molecule has 0 amide bonds. The van der Waals surface area contributed by atoms with Crippen molar-refractivity contribution in [1.29, 1.82) is 0 Å². The molecule has 17 heavy (non-hydrogen) atoms. The van der Waals surface area contributed by atoms with Crippen LogP contribution in [-0.4, -0.2) is 16.0 Å². The summed E-state index contributed by atoms with van der Waals surface area (Å²) in [5.74, 6) is 0.0594. The number of phenols is 1. The molecule has 86 valence electrons. The molecular formula is C13H10BrNO2. The molecule has 2 aromatic rings. The summed E-state index contributed by atoms with van der Waals surface area (Å²) in [6.45, 7) is 0. The zero-order chi connectivity index (χ0) is 12.3. The Morgan fingerprint density at radius 3 is 2.35 bits per heavy atom. The summed E-state index contributed by atoms with van der Waals surface area (Å²) < 4.78 is 0.562. The van der Waals surface area contributed by atoms with Crippen molar-refractivity contribution in [2.45, 2.75) is 0 Å². The van der Waals surface area contributed by atoms with E-state index in [-0.39, 0.29) is 5.75 Å². The Bertz CT molecular complexity index is 553. The number of phenolic OH excluding ortho intramolecular Hbond substituents is 1. The van der Waals surface area contributed by atoms with Gasteiger partial charge in [-0.3, -0.25) is 0 Å². The van der Waals surface area contributed by atoms with Crippen LogP contribution in [0.2, 0.25) is 0 Å². The fraction of sp³-hybridized carbons (Fsp3) is 0. The zero-order valence-electron chi connectivity index (χ0n) is 8.84. The first-order valence-electron chi connectivity index (χ1n) is 4.99. The quantitative estimate of drug-likeness (QED) is 0.506. The van der Waals surface area contributed by atoms with Crippen LogP contribution in [0.15, 0.2) is 58.2 Å². The minimum Gasteiger partial charge on any atom is -0.506 e. The maximum absolute atomic E-state index is 9.92. The average molecular weight is 292 g/mol. The SMILES string of the molecule is ON=C(c1ccccc1)c1cccc(Br)c1O. The van der Waals surface area contributed by atoms with E-state index in [1.807, 2.05) is 30.3 Å². The minimum absolute atomic E-state index is 0.0594. The van der Waals surface area contributed by atoms with Crippen molar-refractivity contribution >= 4 is 21.6 Å². The summed E-state index contributed by atoms with van der Waals surface area (Å²) in [6, 6.07) is 14.4. The van der Waals surface area contributed by atoms with Crippen molar-refractivity contribution in [3.63, 3.8) is 0 Å². The molecule has 0 bridgehead atoms. The highest BCUT2D eigenvalue weighted by Gasteiger charge is 2.13. The van der Waals surface area contributed by atoms with E-state index in [9.17, 15) is 5.11 Å². The first-order valence-corrected chi connectivity index (χ1v) is 5.78. The topological polar surface area (TPSA) is 52.8 Å². The number of halogens is 1. The van der Waals surface area contributed by atoms with Crippen LogP contribution in [0, 0.1) is 0 Å². The Labute approximate surface area is 107 Å². The second-order valence-corrected chi connectivity index (χ2v) is 4.30. The van der Waals surface area contributed by atoms with E-state index in [0.717, 1.165) is 5.56 Å². The normalized spacial score (nSPS) is 11.5. The predicted molar refractivity (Wildman–Crippen MR) is 69.7 cm³/mol. The van der Waals surface area contributed by atoms with Gasteiger partial charge in [-0.15, -0.1) is 0 Å². The standard InChI is InChI=1S/C13H10BrNO2/c14-11-8-4-7-10(13(11)16)12(15-17)9-5-2-1-3-6-9/h1-8,16-17H. The minimum atomic E-state index is 0.0594. The van der Waals surface area contributed by atoms with Crippen molar-refractivity contribution in [3.8, 4) is 5.75 Å². The van der Waals surface area contributed by atoms with E-state index in [1.54, 1.807) is 18.2 Å². The van der Waals surface area contributed by atoms with E-state index >= 15 is 0 Å². The van der Waals surface area contributed by atoms with Gasteiger partial charge in [-0.25, -0.2) is 0 Å². The Morgan fingerprint density at radius 2 is 1.71 bits per heavy atom. The van der Waals surface area contributed by atoms with Crippen LogP contribution in [0.1, 0.15) is 11.1 Å². The monoisotopic (exact) mass is 291 g/mol. The van der Waals surface area contributed by atoms with Crippen molar-refractivity contribution in [2.75, 3.05) is 0 Å². The molecule has 2 rings (SSSR count). The lowest BCUT2D eigenvalue weighted by Gasteiger charge is -2.08. The van der Waals surface area contributed by atoms with Gasteiger partial charge in [0.2, 0.25) is 0 Å². The Hall–Kier alpha value is -1.81. The molecule has 0 unspecified atom stereocenters. The highest BCUT2D eigenvalue weighted by molar-refractivity contribution is 9.10. The number of nitrogens with zero attached hydrogens (tertiary/aromatic N) is 1. The van der Waals surface area contributed by atoms with E-state index in [4.69, 9.17) is 5.21 Å². The Balaban J connectivity index is 2.55. The number of oxime groups is 1. The smallest absolute Gasteiger partial charge is 0.139 e. The molecule has 0 heterocycles. The number of hydrogen-bond acceptors (Lipinski definition) is 3. The van der Waals surface area contributed by atoms with Crippen molar-refractivity contribution in [1.82, 2.24) is 0 Å².